The van der Waals surface area contributed by atoms with Crippen molar-refractivity contribution in [2.24, 2.45) is 0 Å². The molecule has 0 radical (unpaired) electrons. The first-order valence-corrected chi connectivity index (χ1v) is 9.36. The summed E-state index contributed by atoms with van der Waals surface area (Å²) in [6.07, 6.45) is 0. The Morgan fingerprint density at radius 3 is 2.42 bits per heavy atom. The average molecular weight is 394 g/mol. The number of rotatable bonds is 5. The van der Waals surface area contributed by atoms with Gasteiger partial charge in [-0.25, -0.2) is 8.42 Å². The summed E-state index contributed by atoms with van der Waals surface area (Å²) in [6, 6.07) is 10.2. The van der Waals surface area contributed by atoms with Gasteiger partial charge in [0.2, 0.25) is 9.84 Å². The number of sulfone groups is 1. The lowest BCUT2D eigenvalue weighted by atomic mass is 10.2. The van der Waals surface area contributed by atoms with E-state index in [0.29, 0.717) is 10.5 Å². The summed E-state index contributed by atoms with van der Waals surface area (Å²) in [4.78, 5) is 22.5. The van der Waals surface area contributed by atoms with Crippen LogP contribution >= 0.6 is 11.6 Å². The fourth-order valence-electron chi connectivity index (χ4n) is 2.97. The van der Waals surface area contributed by atoms with Crippen molar-refractivity contribution < 1.29 is 23.5 Å². The molecule has 26 heavy (non-hydrogen) atoms. The number of carboxylic acids is 1. The third-order valence-electron chi connectivity index (χ3n) is 4.09. The number of aromatic nitrogens is 1. The van der Waals surface area contributed by atoms with E-state index in [1.807, 2.05) is 0 Å². The van der Waals surface area contributed by atoms with Crippen LogP contribution in [0, 0.1) is 11.8 Å². The number of nitrogens with zero attached hydrogens (tertiary/aromatic N) is 1. The standard InChI is InChI=1S/C17H13ClN2O5S/c1-10-17(26(24,25)12-7-5-11(18)6-8-12)16-13(19-23)3-2-4-14(16)20(10)9-15(21)22/h2-8H,9H2,1H3,(H,21,22)/p+1. The molecule has 3 aromatic rings. The normalized spacial score (nSPS) is 11.6. The first-order valence-electron chi connectivity index (χ1n) is 7.49. The fourth-order valence-corrected chi connectivity index (χ4v) is 4.81. The quantitative estimate of drug-likeness (QED) is 0.689. The van der Waals surface area contributed by atoms with Crippen molar-refractivity contribution in [1.82, 2.24) is 4.57 Å². The first kappa shape index (κ1) is 18.1. The minimum absolute atomic E-state index is 0.0000713. The molecule has 7 nitrogen and oxygen atoms in total. The molecule has 0 saturated carbocycles. The Morgan fingerprint density at radius 2 is 1.85 bits per heavy atom. The lowest BCUT2D eigenvalue weighted by molar-refractivity contribution is -0.377. The van der Waals surface area contributed by atoms with Crippen LogP contribution in [0.4, 0.5) is 5.69 Å². The zero-order valence-electron chi connectivity index (χ0n) is 13.6. The fraction of sp³-hybridized carbons (Fsp3) is 0.118. The van der Waals surface area contributed by atoms with Crippen molar-refractivity contribution >= 4 is 44.0 Å². The van der Waals surface area contributed by atoms with Gasteiger partial charge in [0.15, 0.2) is 0 Å². The summed E-state index contributed by atoms with van der Waals surface area (Å²) < 4.78 is 27.8. The van der Waals surface area contributed by atoms with E-state index in [0.717, 1.165) is 0 Å². The smallest absolute Gasteiger partial charge is 0.323 e. The molecule has 1 aromatic heterocycles. The van der Waals surface area contributed by atoms with Gasteiger partial charge in [-0.3, -0.25) is 4.79 Å². The van der Waals surface area contributed by atoms with E-state index in [4.69, 9.17) is 11.6 Å². The van der Waals surface area contributed by atoms with Crippen molar-refractivity contribution in [2.75, 3.05) is 0 Å². The number of fused-ring (bicyclic) bond motifs is 1. The van der Waals surface area contributed by atoms with Crippen molar-refractivity contribution in [3.05, 3.63) is 58.1 Å². The molecule has 0 saturated heterocycles. The Bertz CT molecular complexity index is 1130. The molecule has 0 unspecified atom stereocenters. The zero-order valence-corrected chi connectivity index (χ0v) is 15.1. The second-order valence-electron chi connectivity index (χ2n) is 5.65. The van der Waals surface area contributed by atoms with Crippen LogP contribution in [0.5, 0.6) is 0 Å². The predicted molar refractivity (Wildman–Crippen MR) is 95.2 cm³/mol. The first-order chi connectivity index (χ1) is 12.3. The molecule has 2 aromatic carbocycles. The van der Waals surface area contributed by atoms with Crippen LogP contribution in [-0.4, -0.2) is 24.1 Å². The highest BCUT2D eigenvalue weighted by Crippen LogP contribution is 2.36. The molecule has 0 bridgehead atoms. The second kappa shape index (κ2) is 6.54. The molecule has 3 rings (SSSR count). The molecule has 0 amide bonds. The number of benzene rings is 2. The minimum Gasteiger partial charge on any atom is -0.480 e. The van der Waals surface area contributed by atoms with Crippen molar-refractivity contribution in [3.8, 4) is 0 Å². The molecule has 134 valence electrons. The monoisotopic (exact) mass is 393 g/mol. The SMILES string of the molecule is Cc1c(S(=O)(=O)c2ccc(Cl)cc2)c2c([NH+]=O)cccc2n1CC(=O)O. The van der Waals surface area contributed by atoms with Crippen LogP contribution in [0.25, 0.3) is 10.9 Å². The van der Waals surface area contributed by atoms with Crippen LogP contribution < -0.4 is 5.18 Å². The Labute approximate surface area is 153 Å². The number of carboxylic acid groups (broad SMARTS) is 1. The lowest BCUT2D eigenvalue weighted by Crippen LogP contribution is -2.55. The number of nitrogens with one attached hydrogen (secondary N) is 1. The molecular formula is C17H14ClN2O5S+. The number of hydrogen-bond acceptors (Lipinski definition) is 4. The maximum absolute atomic E-state index is 13.2. The largest absolute Gasteiger partial charge is 0.480 e. The topological polar surface area (TPSA) is 107 Å². The van der Waals surface area contributed by atoms with Gasteiger partial charge < -0.3 is 9.67 Å². The maximum atomic E-state index is 13.2. The van der Waals surface area contributed by atoms with Crippen molar-refractivity contribution in [2.45, 2.75) is 23.3 Å². The predicted octanol–water partition coefficient (Wildman–Crippen LogP) is 2.00. The van der Waals surface area contributed by atoms with E-state index in [1.165, 1.54) is 41.8 Å². The molecular weight excluding hydrogens is 380 g/mol. The van der Waals surface area contributed by atoms with Crippen LogP contribution in [-0.2, 0) is 21.2 Å². The molecule has 0 aliphatic heterocycles. The Hall–Kier alpha value is -2.71. The highest BCUT2D eigenvalue weighted by atomic mass is 35.5. The Kier molecular flexibility index (Phi) is 4.55. The van der Waals surface area contributed by atoms with Gasteiger partial charge in [0, 0.05) is 26.9 Å². The number of nitroso groups, excluding NO2 is 1. The van der Waals surface area contributed by atoms with E-state index >= 15 is 0 Å². The van der Waals surface area contributed by atoms with E-state index in [9.17, 15) is 23.2 Å². The molecule has 0 aliphatic carbocycles. The third-order valence-corrected chi connectivity index (χ3v) is 6.27. The van der Waals surface area contributed by atoms with Crippen LogP contribution in [0.1, 0.15) is 5.69 Å². The minimum atomic E-state index is -4.01. The Morgan fingerprint density at radius 1 is 1.19 bits per heavy atom. The van der Waals surface area contributed by atoms with Crippen LogP contribution in [0.15, 0.2) is 52.3 Å². The van der Waals surface area contributed by atoms with Gasteiger partial charge in [0.05, 0.1) is 15.8 Å². The van der Waals surface area contributed by atoms with Crippen molar-refractivity contribution in [3.63, 3.8) is 0 Å². The molecule has 9 heteroatoms. The number of halogens is 1. The average Bonchev–Trinajstić information content (AvgIpc) is 2.87. The molecule has 0 fully saturated rings. The van der Waals surface area contributed by atoms with Gasteiger partial charge in [0.1, 0.15) is 11.4 Å². The summed E-state index contributed by atoms with van der Waals surface area (Å²) in [5.74, 6) is -1.12. The molecule has 0 aliphatic rings. The van der Waals surface area contributed by atoms with E-state index in [1.54, 1.807) is 17.3 Å². The van der Waals surface area contributed by atoms with E-state index in [2.05, 4.69) is 0 Å². The number of hydrogen-bond donors (Lipinski definition) is 2. The zero-order chi connectivity index (χ0) is 19.1. The van der Waals surface area contributed by atoms with Crippen LogP contribution in [0.3, 0.4) is 0 Å². The van der Waals surface area contributed by atoms with Gasteiger partial charge in [-0.15, -0.1) is 0 Å². The maximum Gasteiger partial charge on any atom is 0.323 e. The molecule has 0 spiro atoms. The Balaban J connectivity index is 2.42. The summed E-state index contributed by atoms with van der Waals surface area (Å²) in [6.45, 7) is 1.08. The van der Waals surface area contributed by atoms with E-state index in [-0.39, 0.29) is 26.6 Å². The van der Waals surface area contributed by atoms with Gasteiger partial charge in [0.25, 0.3) is 5.69 Å². The highest BCUT2D eigenvalue weighted by molar-refractivity contribution is 7.91. The molecule has 0 atom stereocenters. The highest BCUT2D eigenvalue weighted by Gasteiger charge is 2.31. The summed E-state index contributed by atoms with van der Waals surface area (Å²) >= 11 is 5.83. The molecule has 1 heterocycles. The number of aliphatic carboxylic acids is 1. The van der Waals surface area contributed by atoms with Gasteiger partial charge >= 0.3 is 5.97 Å². The van der Waals surface area contributed by atoms with Crippen molar-refractivity contribution in [1.29, 1.82) is 0 Å². The third kappa shape index (κ3) is 2.87. The van der Waals surface area contributed by atoms with Crippen LogP contribution in [0.2, 0.25) is 5.02 Å². The lowest BCUT2D eigenvalue weighted by Gasteiger charge is -2.07. The summed E-state index contributed by atoms with van der Waals surface area (Å²) in [7, 11) is -4.01. The van der Waals surface area contributed by atoms with Gasteiger partial charge in [-0.2, -0.15) is 0 Å². The van der Waals surface area contributed by atoms with Gasteiger partial charge in [-0.05, 0) is 37.3 Å². The number of carbonyl (C=O) groups is 1. The second-order valence-corrected chi connectivity index (χ2v) is 7.98. The molecule has 2 N–H and O–H groups in total. The van der Waals surface area contributed by atoms with Gasteiger partial charge in [-0.1, -0.05) is 17.7 Å². The van der Waals surface area contributed by atoms with E-state index < -0.39 is 22.4 Å². The summed E-state index contributed by atoms with van der Waals surface area (Å²) in [5, 5.41) is 11.5. The summed E-state index contributed by atoms with van der Waals surface area (Å²) in [5.41, 5.74) is 0.639.